The van der Waals surface area contributed by atoms with Gasteiger partial charge in [0.25, 0.3) is 0 Å². The molecule has 422 valence electrons. The number of unbranched alkanes of at least 4 members (excludes halogenated alkanes) is 45. The summed E-state index contributed by atoms with van der Waals surface area (Å²) in [7, 11) is 0. The van der Waals surface area contributed by atoms with Crippen LogP contribution in [0.5, 0.6) is 0 Å². The summed E-state index contributed by atoms with van der Waals surface area (Å²) in [5, 5.41) is 23.2. The molecule has 4 nitrogen and oxygen atoms in total. The zero-order valence-electron chi connectivity index (χ0n) is 48.7. The third-order valence-corrected chi connectivity index (χ3v) is 15.0. The number of carbonyl (C=O) groups is 1. The number of nitrogens with one attached hydrogen (secondary N) is 1. The summed E-state index contributed by atoms with van der Waals surface area (Å²) in [5.41, 5.74) is 0. The number of aliphatic hydroxyl groups is 2. The summed E-state index contributed by atoms with van der Waals surface area (Å²) in [5.74, 6) is -0.0748. The van der Waals surface area contributed by atoms with E-state index in [1.807, 2.05) is 6.08 Å². The van der Waals surface area contributed by atoms with E-state index in [4.69, 9.17) is 0 Å². The zero-order chi connectivity index (χ0) is 52.0. The zero-order valence-corrected chi connectivity index (χ0v) is 48.7. The lowest BCUT2D eigenvalue weighted by Crippen LogP contribution is -2.45. The third-order valence-electron chi connectivity index (χ3n) is 15.0. The summed E-state index contributed by atoms with van der Waals surface area (Å²) < 4.78 is 0. The Kier molecular flexibility index (Phi) is 61.7. The van der Waals surface area contributed by atoms with Crippen molar-refractivity contribution in [1.29, 1.82) is 0 Å². The molecule has 0 aromatic heterocycles. The second-order valence-corrected chi connectivity index (χ2v) is 22.2. The fourth-order valence-electron chi connectivity index (χ4n) is 10.0. The van der Waals surface area contributed by atoms with Gasteiger partial charge in [0, 0.05) is 6.42 Å². The first-order valence-electron chi connectivity index (χ1n) is 32.5. The molecule has 0 aliphatic carbocycles. The summed E-state index contributed by atoms with van der Waals surface area (Å²) >= 11 is 0. The lowest BCUT2D eigenvalue weighted by Gasteiger charge is -2.19. The molecule has 0 aliphatic rings. The number of amides is 1. The second-order valence-electron chi connectivity index (χ2n) is 22.2. The first kappa shape index (κ1) is 70.1. The van der Waals surface area contributed by atoms with Crippen LogP contribution < -0.4 is 5.32 Å². The van der Waals surface area contributed by atoms with Crippen LogP contribution in [0.3, 0.4) is 0 Å². The van der Waals surface area contributed by atoms with Gasteiger partial charge in [-0.15, -0.1) is 0 Å². The van der Waals surface area contributed by atoms with Gasteiger partial charge in [0.1, 0.15) is 0 Å². The quantitative estimate of drug-likeness (QED) is 0.0420. The summed E-state index contributed by atoms with van der Waals surface area (Å²) in [4.78, 5) is 12.5. The van der Waals surface area contributed by atoms with Gasteiger partial charge in [0.05, 0.1) is 18.8 Å². The maximum Gasteiger partial charge on any atom is 0.220 e. The van der Waals surface area contributed by atoms with Gasteiger partial charge in [-0.3, -0.25) is 4.79 Å². The summed E-state index contributed by atoms with van der Waals surface area (Å²) in [6.45, 7) is 4.32. The van der Waals surface area contributed by atoms with Crippen molar-refractivity contribution in [3.8, 4) is 0 Å². The van der Waals surface area contributed by atoms with Crippen molar-refractivity contribution in [1.82, 2.24) is 5.32 Å². The fraction of sp³-hybridized carbons (Fsp3) is 0.838. The maximum atomic E-state index is 12.5. The predicted octanol–water partition coefficient (Wildman–Crippen LogP) is 21.9. The van der Waals surface area contributed by atoms with Gasteiger partial charge < -0.3 is 15.5 Å². The van der Waals surface area contributed by atoms with E-state index >= 15 is 0 Å². The highest BCUT2D eigenvalue weighted by molar-refractivity contribution is 5.76. The number of rotatable bonds is 60. The van der Waals surface area contributed by atoms with E-state index in [1.165, 1.54) is 283 Å². The largest absolute Gasteiger partial charge is 0.394 e. The standard InChI is InChI=1S/C68H127NO3/c1-3-5-7-9-11-13-15-17-19-21-23-25-27-29-31-32-33-34-35-36-38-39-41-43-45-47-49-51-53-55-57-59-61-63-67(71)66(65-70)69-68(72)64-62-60-58-56-54-52-50-48-46-44-42-40-37-30-28-26-24-22-20-18-16-14-12-10-8-6-4-2/h16,18,22,24,45,47,53,55,61,63,66-67,70-71H,3-15,17,19-21,23,25-44,46,48-52,54,56-60,62,64-65H2,1-2H3,(H,69,72)/b18-16-,24-22-,47-45+,55-53+,63-61+. The molecule has 0 aromatic rings. The average Bonchev–Trinajstić information content (AvgIpc) is 3.39. The van der Waals surface area contributed by atoms with Gasteiger partial charge in [0.2, 0.25) is 5.91 Å². The van der Waals surface area contributed by atoms with Gasteiger partial charge >= 0.3 is 0 Å². The van der Waals surface area contributed by atoms with Gasteiger partial charge in [-0.2, -0.15) is 0 Å². The van der Waals surface area contributed by atoms with Crippen LogP contribution in [-0.2, 0) is 4.79 Å². The molecule has 0 heterocycles. The minimum Gasteiger partial charge on any atom is -0.394 e. The average molecular weight is 1010 g/mol. The van der Waals surface area contributed by atoms with Crippen molar-refractivity contribution >= 4 is 5.91 Å². The van der Waals surface area contributed by atoms with Crippen molar-refractivity contribution in [3.05, 3.63) is 60.8 Å². The number of carbonyl (C=O) groups excluding carboxylic acids is 1. The van der Waals surface area contributed by atoms with Crippen LogP contribution in [0.2, 0.25) is 0 Å². The molecule has 3 N–H and O–H groups in total. The molecule has 0 aromatic carbocycles. The van der Waals surface area contributed by atoms with Gasteiger partial charge in [-0.1, -0.05) is 325 Å². The highest BCUT2D eigenvalue weighted by atomic mass is 16.3. The molecule has 0 aliphatic heterocycles. The molecule has 0 bridgehead atoms. The summed E-state index contributed by atoms with van der Waals surface area (Å²) in [6, 6.07) is -0.649. The Morgan fingerprint density at radius 1 is 0.333 bits per heavy atom. The van der Waals surface area contributed by atoms with Crippen LogP contribution in [0.25, 0.3) is 0 Å². The normalized spacial score (nSPS) is 13.1. The van der Waals surface area contributed by atoms with E-state index in [-0.39, 0.29) is 12.5 Å². The van der Waals surface area contributed by atoms with E-state index in [9.17, 15) is 15.0 Å². The van der Waals surface area contributed by atoms with Gasteiger partial charge in [-0.25, -0.2) is 0 Å². The van der Waals surface area contributed by atoms with E-state index in [0.717, 1.165) is 44.9 Å². The lowest BCUT2D eigenvalue weighted by molar-refractivity contribution is -0.123. The Balaban J connectivity index is 3.51. The monoisotopic (exact) mass is 1010 g/mol. The Hall–Kier alpha value is -1.91. The Labute approximate surface area is 451 Å². The summed E-state index contributed by atoms with van der Waals surface area (Å²) in [6.07, 6.45) is 90.0. The van der Waals surface area contributed by atoms with E-state index in [1.54, 1.807) is 6.08 Å². The molecule has 72 heavy (non-hydrogen) atoms. The molecule has 0 saturated heterocycles. The van der Waals surface area contributed by atoms with E-state index < -0.39 is 12.1 Å². The van der Waals surface area contributed by atoms with Gasteiger partial charge in [0.15, 0.2) is 0 Å². The topological polar surface area (TPSA) is 69.6 Å². The number of hydrogen-bond acceptors (Lipinski definition) is 3. The van der Waals surface area contributed by atoms with Crippen molar-refractivity contribution in [2.45, 2.75) is 360 Å². The van der Waals surface area contributed by atoms with Crippen LogP contribution in [0.15, 0.2) is 60.8 Å². The second kappa shape index (κ2) is 63.4. The first-order chi connectivity index (χ1) is 35.7. The maximum absolute atomic E-state index is 12.5. The Morgan fingerprint density at radius 3 is 0.889 bits per heavy atom. The van der Waals surface area contributed by atoms with Crippen molar-refractivity contribution in [3.63, 3.8) is 0 Å². The van der Waals surface area contributed by atoms with E-state index in [2.05, 4.69) is 67.8 Å². The lowest BCUT2D eigenvalue weighted by atomic mass is 10.0. The molecule has 0 saturated carbocycles. The highest BCUT2D eigenvalue weighted by Gasteiger charge is 2.18. The molecule has 2 unspecified atom stereocenters. The van der Waals surface area contributed by atoms with Crippen LogP contribution >= 0.6 is 0 Å². The molecular weight excluding hydrogens is 879 g/mol. The van der Waals surface area contributed by atoms with Crippen LogP contribution in [-0.4, -0.2) is 34.9 Å². The Morgan fingerprint density at radius 2 is 0.583 bits per heavy atom. The van der Waals surface area contributed by atoms with Crippen molar-refractivity contribution in [2.24, 2.45) is 0 Å². The Bertz CT molecular complexity index is 1190. The molecule has 0 rings (SSSR count). The fourth-order valence-corrected chi connectivity index (χ4v) is 10.0. The molecule has 4 heteroatoms. The molecule has 0 fully saturated rings. The van der Waals surface area contributed by atoms with Crippen LogP contribution in [0.1, 0.15) is 348 Å². The van der Waals surface area contributed by atoms with Crippen LogP contribution in [0.4, 0.5) is 0 Å². The third kappa shape index (κ3) is 59.0. The highest BCUT2D eigenvalue weighted by Crippen LogP contribution is 2.18. The molecule has 0 radical (unpaired) electrons. The van der Waals surface area contributed by atoms with Crippen molar-refractivity contribution < 1.29 is 15.0 Å². The minimum atomic E-state index is -0.874. The number of aliphatic hydroxyl groups excluding tert-OH is 2. The molecule has 0 spiro atoms. The van der Waals surface area contributed by atoms with Crippen molar-refractivity contribution in [2.75, 3.05) is 6.61 Å². The minimum absolute atomic E-state index is 0.0748. The number of hydrogen-bond donors (Lipinski definition) is 3. The van der Waals surface area contributed by atoms with Gasteiger partial charge in [-0.05, 0) is 77.0 Å². The smallest absolute Gasteiger partial charge is 0.220 e. The molecule has 1 amide bonds. The SMILES string of the molecule is CCCCCCC/C=C\C/C=C\CCCCCCCCCCCCCCCCCC(=O)NC(CO)C(O)/C=C/CC/C=C/CC/C=C/CCCCCCCCCCCCCCCCCCCCCCCCC. The molecule has 2 atom stereocenters. The van der Waals surface area contributed by atoms with Crippen LogP contribution in [0, 0.1) is 0 Å². The molecular formula is C68H127NO3. The predicted molar refractivity (Wildman–Crippen MR) is 322 cm³/mol. The van der Waals surface area contributed by atoms with E-state index in [0.29, 0.717) is 6.42 Å². The first-order valence-corrected chi connectivity index (χ1v) is 32.5. The number of allylic oxidation sites excluding steroid dienone is 9.